The Labute approximate surface area is 156 Å². The Bertz CT molecular complexity index is 868. The lowest BCUT2D eigenvalue weighted by atomic mass is 10.3. The van der Waals surface area contributed by atoms with Crippen LogP contribution in [0.2, 0.25) is 0 Å². The first kappa shape index (κ1) is 18.8. The zero-order valence-electron chi connectivity index (χ0n) is 15.5. The number of hydrogen-bond acceptors (Lipinski definition) is 7. The van der Waals surface area contributed by atoms with Gasteiger partial charge in [0.25, 0.3) is 0 Å². The van der Waals surface area contributed by atoms with Gasteiger partial charge in [-0.2, -0.15) is 9.97 Å². The Balaban J connectivity index is 1.90. The molecule has 8 nitrogen and oxygen atoms in total. The van der Waals surface area contributed by atoms with Gasteiger partial charge < -0.3 is 19.4 Å². The standard InChI is InChI=1S/C18H23FN6O2/c1-3-5-9-25-12-21-15-16(25)23-18(24-17(15)27-10-8-19)22-13-6-7-14(20-11-13)26-4-2/h6-7,11-12H,3-5,8-10H2,1-2H3,(H,22,23,24). The second kappa shape index (κ2) is 9.11. The molecule has 0 fully saturated rings. The third-order valence-corrected chi connectivity index (χ3v) is 3.79. The first-order chi connectivity index (χ1) is 13.2. The Morgan fingerprint density at radius 2 is 2.04 bits per heavy atom. The number of halogens is 1. The number of aromatic nitrogens is 5. The predicted octanol–water partition coefficient (Wildman–Crippen LogP) is 3.51. The van der Waals surface area contributed by atoms with Gasteiger partial charge in [0, 0.05) is 12.6 Å². The number of rotatable bonds is 10. The maximum Gasteiger partial charge on any atom is 0.247 e. The number of alkyl halides is 1. The minimum Gasteiger partial charge on any atom is -0.478 e. The van der Waals surface area contributed by atoms with Gasteiger partial charge in [-0.25, -0.2) is 14.4 Å². The van der Waals surface area contributed by atoms with E-state index >= 15 is 0 Å². The van der Waals surface area contributed by atoms with Crippen molar-refractivity contribution in [3.63, 3.8) is 0 Å². The maximum atomic E-state index is 12.6. The summed E-state index contributed by atoms with van der Waals surface area (Å²) in [4.78, 5) is 17.4. The molecule has 9 heteroatoms. The average molecular weight is 374 g/mol. The third-order valence-electron chi connectivity index (χ3n) is 3.79. The number of aryl methyl sites for hydroxylation is 1. The molecule has 0 unspecified atom stereocenters. The minimum absolute atomic E-state index is 0.0853. The molecule has 0 aliphatic rings. The van der Waals surface area contributed by atoms with E-state index in [9.17, 15) is 4.39 Å². The van der Waals surface area contributed by atoms with Crippen LogP contribution in [0.25, 0.3) is 11.2 Å². The lowest BCUT2D eigenvalue weighted by Crippen LogP contribution is -2.06. The molecule has 0 amide bonds. The van der Waals surface area contributed by atoms with E-state index in [0.29, 0.717) is 35.3 Å². The molecule has 3 aromatic heterocycles. The summed E-state index contributed by atoms with van der Waals surface area (Å²) < 4.78 is 25.3. The van der Waals surface area contributed by atoms with E-state index in [0.717, 1.165) is 19.4 Å². The van der Waals surface area contributed by atoms with Gasteiger partial charge in [0.2, 0.25) is 17.7 Å². The molecule has 0 radical (unpaired) electrons. The van der Waals surface area contributed by atoms with E-state index in [2.05, 4.69) is 32.2 Å². The molecule has 27 heavy (non-hydrogen) atoms. The van der Waals surface area contributed by atoms with Crippen LogP contribution in [0.4, 0.5) is 16.0 Å². The van der Waals surface area contributed by atoms with Crippen molar-refractivity contribution in [2.75, 3.05) is 25.2 Å². The van der Waals surface area contributed by atoms with Crippen LogP contribution in [0.1, 0.15) is 26.7 Å². The number of nitrogens with one attached hydrogen (secondary N) is 1. The van der Waals surface area contributed by atoms with E-state index in [1.807, 2.05) is 17.6 Å². The normalized spacial score (nSPS) is 10.9. The van der Waals surface area contributed by atoms with Crippen LogP contribution in [0, 0.1) is 0 Å². The van der Waals surface area contributed by atoms with Crippen molar-refractivity contribution in [1.29, 1.82) is 0 Å². The zero-order valence-corrected chi connectivity index (χ0v) is 15.5. The summed E-state index contributed by atoms with van der Waals surface area (Å²) in [6.07, 6.45) is 5.40. The summed E-state index contributed by atoms with van der Waals surface area (Å²) in [6.45, 7) is 4.67. The third kappa shape index (κ3) is 4.60. The first-order valence-electron chi connectivity index (χ1n) is 9.02. The van der Waals surface area contributed by atoms with Gasteiger partial charge in [-0.15, -0.1) is 0 Å². The van der Waals surface area contributed by atoms with Gasteiger partial charge in [-0.3, -0.25) is 0 Å². The van der Waals surface area contributed by atoms with Crippen LogP contribution in [0.15, 0.2) is 24.7 Å². The van der Waals surface area contributed by atoms with E-state index in [-0.39, 0.29) is 12.5 Å². The SMILES string of the molecule is CCCCn1cnc2c(OCCF)nc(Nc3ccc(OCC)nc3)nc21. The highest BCUT2D eigenvalue weighted by Gasteiger charge is 2.15. The maximum absolute atomic E-state index is 12.6. The van der Waals surface area contributed by atoms with E-state index in [4.69, 9.17) is 9.47 Å². The number of pyridine rings is 1. The Hall–Kier alpha value is -2.97. The van der Waals surface area contributed by atoms with Crippen LogP contribution in [0.3, 0.4) is 0 Å². The molecule has 0 aliphatic carbocycles. The number of ether oxygens (including phenoxy) is 2. The van der Waals surface area contributed by atoms with E-state index < -0.39 is 6.67 Å². The van der Waals surface area contributed by atoms with Crippen LogP contribution in [-0.4, -0.2) is 44.4 Å². The molecular formula is C18H23FN6O2. The molecule has 3 aromatic rings. The number of nitrogens with zero attached hydrogens (tertiary/aromatic N) is 5. The highest BCUT2D eigenvalue weighted by molar-refractivity contribution is 5.78. The quantitative estimate of drug-likeness (QED) is 0.581. The van der Waals surface area contributed by atoms with Crippen LogP contribution >= 0.6 is 0 Å². The summed E-state index contributed by atoms with van der Waals surface area (Å²) in [5.41, 5.74) is 1.87. The fraction of sp³-hybridized carbons (Fsp3) is 0.444. The second-order valence-electron chi connectivity index (χ2n) is 5.80. The van der Waals surface area contributed by atoms with Crippen LogP contribution in [0.5, 0.6) is 11.8 Å². The van der Waals surface area contributed by atoms with Crippen molar-refractivity contribution in [3.8, 4) is 11.8 Å². The highest BCUT2D eigenvalue weighted by Crippen LogP contribution is 2.25. The fourth-order valence-electron chi connectivity index (χ4n) is 2.52. The molecule has 0 atom stereocenters. The Morgan fingerprint density at radius 3 is 2.74 bits per heavy atom. The minimum atomic E-state index is -0.604. The van der Waals surface area contributed by atoms with Gasteiger partial charge >= 0.3 is 0 Å². The Kier molecular flexibility index (Phi) is 6.35. The van der Waals surface area contributed by atoms with Crippen LogP contribution < -0.4 is 14.8 Å². The summed E-state index contributed by atoms with van der Waals surface area (Å²) in [5.74, 6) is 1.14. The molecule has 0 saturated carbocycles. The highest BCUT2D eigenvalue weighted by atomic mass is 19.1. The number of anilines is 2. The summed E-state index contributed by atoms with van der Waals surface area (Å²) >= 11 is 0. The molecule has 0 aromatic carbocycles. The monoisotopic (exact) mass is 374 g/mol. The topological polar surface area (TPSA) is 87.0 Å². The zero-order chi connectivity index (χ0) is 19.1. The van der Waals surface area contributed by atoms with Gasteiger partial charge in [-0.05, 0) is 19.4 Å². The largest absolute Gasteiger partial charge is 0.478 e. The molecule has 0 aliphatic heterocycles. The van der Waals surface area contributed by atoms with Gasteiger partial charge in [0.1, 0.15) is 13.3 Å². The number of fused-ring (bicyclic) bond motifs is 1. The summed E-state index contributed by atoms with van der Waals surface area (Å²) in [6, 6.07) is 3.58. The summed E-state index contributed by atoms with van der Waals surface area (Å²) in [7, 11) is 0. The molecule has 0 saturated heterocycles. The van der Waals surface area contributed by atoms with Crippen LogP contribution in [-0.2, 0) is 6.54 Å². The smallest absolute Gasteiger partial charge is 0.247 e. The second-order valence-corrected chi connectivity index (χ2v) is 5.80. The Morgan fingerprint density at radius 1 is 1.15 bits per heavy atom. The molecule has 1 N–H and O–H groups in total. The van der Waals surface area contributed by atoms with Gasteiger partial charge in [0.15, 0.2) is 11.2 Å². The van der Waals surface area contributed by atoms with Crippen molar-refractivity contribution < 1.29 is 13.9 Å². The van der Waals surface area contributed by atoms with Crippen molar-refractivity contribution in [3.05, 3.63) is 24.7 Å². The first-order valence-corrected chi connectivity index (χ1v) is 9.02. The number of hydrogen-bond donors (Lipinski definition) is 1. The molecule has 3 heterocycles. The van der Waals surface area contributed by atoms with Crippen molar-refractivity contribution in [2.24, 2.45) is 0 Å². The van der Waals surface area contributed by atoms with Gasteiger partial charge in [-0.1, -0.05) is 13.3 Å². The molecule has 144 valence electrons. The molecular weight excluding hydrogens is 351 g/mol. The van der Waals surface area contributed by atoms with E-state index in [1.54, 1.807) is 18.6 Å². The van der Waals surface area contributed by atoms with E-state index in [1.165, 1.54) is 0 Å². The lowest BCUT2D eigenvalue weighted by molar-refractivity contribution is 0.267. The van der Waals surface area contributed by atoms with Gasteiger partial charge in [0.05, 0.1) is 24.8 Å². The molecule has 0 spiro atoms. The number of unbranched alkanes of at least 4 members (excludes halogenated alkanes) is 1. The van der Waals surface area contributed by atoms with Crippen molar-refractivity contribution in [1.82, 2.24) is 24.5 Å². The summed E-state index contributed by atoms with van der Waals surface area (Å²) in [5, 5.41) is 3.10. The average Bonchev–Trinajstić information content (AvgIpc) is 3.09. The molecule has 0 bridgehead atoms. The fourth-order valence-corrected chi connectivity index (χ4v) is 2.52. The van der Waals surface area contributed by atoms with Crippen molar-refractivity contribution in [2.45, 2.75) is 33.2 Å². The van der Waals surface area contributed by atoms with Crippen molar-refractivity contribution >= 4 is 22.8 Å². The number of imidazole rings is 1. The molecule has 3 rings (SSSR count). The predicted molar refractivity (Wildman–Crippen MR) is 100 cm³/mol. The lowest BCUT2D eigenvalue weighted by Gasteiger charge is -2.10.